The van der Waals surface area contributed by atoms with Gasteiger partial charge in [-0.15, -0.1) is 13.2 Å². The van der Waals surface area contributed by atoms with Crippen LogP contribution in [0.1, 0.15) is 24.0 Å². The Hall–Kier alpha value is -2.23. The zero-order chi connectivity index (χ0) is 16.0. The van der Waals surface area contributed by atoms with Crippen LogP contribution in [0.5, 0.6) is 5.75 Å². The van der Waals surface area contributed by atoms with Gasteiger partial charge in [0.05, 0.1) is 0 Å². The average Bonchev–Trinajstić information content (AvgIpc) is 2.52. The first-order valence-electron chi connectivity index (χ1n) is 7.74. The SMILES string of the molecule is FC(F)(F)Oc1ccc2c(ccc3c4c(ccc32)CCCC4)c1. The van der Waals surface area contributed by atoms with E-state index in [9.17, 15) is 13.2 Å². The topological polar surface area (TPSA) is 9.23 Å². The lowest BCUT2D eigenvalue weighted by Crippen LogP contribution is -2.16. The van der Waals surface area contributed by atoms with Crippen molar-refractivity contribution in [3.05, 3.63) is 53.6 Å². The number of aryl methyl sites for hydroxylation is 2. The molecule has 4 heteroatoms. The summed E-state index contributed by atoms with van der Waals surface area (Å²) >= 11 is 0. The molecule has 1 aliphatic rings. The molecule has 1 aliphatic carbocycles. The van der Waals surface area contributed by atoms with E-state index in [2.05, 4.69) is 16.9 Å². The fourth-order valence-electron chi connectivity index (χ4n) is 3.58. The molecular formula is C19H15F3O. The van der Waals surface area contributed by atoms with Crippen molar-refractivity contribution in [1.82, 2.24) is 0 Å². The zero-order valence-electron chi connectivity index (χ0n) is 12.4. The molecule has 3 aromatic carbocycles. The summed E-state index contributed by atoms with van der Waals surface area (Å²) in [6.45, 7) is 0. The Bertz CT molecular complexity index is 896. The molecule has 0 atom stereocenters. The van der Waals surface area contributed by atoms with Crippen molar-refractivity contribution >= 4 is 21.5 Å². The van der Waals surface area contributed by atoms with Crippen molar-refractivity contribution in [1.29, 1.82) is 0 Å². The van der Waals surface area contributed by atoms with Crippen LogP contribution in [0.25, 0.3) is 21.5 Å². The Morgan fingerprint density at radius 2 is 1.52 bits per heavy atom. The fourth-order valence-corrected chi connectivity index (χ4v) is 3.58. The second kappa shape index (κ2) is 5.15. The van der Waals surface area contributed by atoms with Crippen LogP contribution in [0.2, 0.25) is 0 Å². The molecule has 3 aromatic rings. The van der Waals surface area contributed by atoms with E-state index in [-0.39, 0.29) is 5.75 Å². The van der Waals surface area contributed by atoms with Gasteiger partial charge in [-0.3, -0.25) is 0 Å². The summed E-state index contributed by atoms with van der Waals surface area (Å²) in [6.07, 6.45) is -0.0501. The highest BCUT2D eigenvalue weighted by molar-refractivity contribution is 6.09. The van der Waals surface area contributed by atoms with Crippen molar-refractivity contribution in [2.24, 2.45) is 0 Å². The van der Waals surface area contributed by atoms with Crippen LogP contribution >= 0.6 is 0 Å². The van der Waals surface area contributed by atoms with Gasteiger partial charge in [0.1, 0.15) is 5.75 Å². The Morgan fingerprint density at radius 1 is 0.783 bits per heavy atom. The molecular weight excluding hydrogens is 301 g/mol. The first-order valence-corrected chi connectivity index (χ1v) is 7.74. The van der Waals surface area contributed by atoms with Crippen LogP contribution in [0.15, 0.2) is 42.5 Å². The maximum atomic E-state index is 12.4. The van der Waals surface area contributed by atoms with Gasteiger partial charge in [0.2, 0.25) is 0 Å². The monoisotopic (exact) mass is 316 g/mol. The molecule has 0 radical (unpaired) electrons. The maximum Gasteiger partial charge on any atom is 0.573 e. The third kappa shape index (κ3) is 2.62. The second-order valence-electron chi connectivity index (χ2n) is 6.00. The highest BCUT2D eigenvalue weighted by Gasteiger charge is 2.31. The van der Waals surface area contributed by atoms with Gasteiger partial charge < -0.3 is 4.74 Å². The van der Waals surface area contributed by atoms with E-state index >= 15 is 0 Å². The number of hydrogen-bond acceptors (Lipinski definition) is 1. The lowest BCUT2D eigenvalue weighted by Gasteiger charge is -2.19. The third-order valence-electron chi connectivity index (χ3n) is 4.55. The molecule has 23 heavy (non-hydrogen) atoms. The fraction of sp³-hybridized carbons (Fsp3) is 0.263. The normalized spacial score (nSPS) is 14.9. The smallest absolute Gasteiger partial charge is 0.406 e. The number of ether oxygens (including phenoxy) is 1. The largest absolute Gasteiger partial charge is 0.573 e. The number of hydrogen-bond donors (Lipinski definition) is 0. The average molecular weight is 316 g/mol. The van der Waals surface area contributed by atoms with E-state index in [4.69, 9.17) is 0 Å². The minimum atomic E-state index is -4.66. The van der Waals surface area contributed by atoms with Crippen molar-refractivity contribution in [3.63, 3.8) is 0 Å². The van der Waals surface area contributed by atoms with Crippen molar-refractivity contribution in [2.75, 3.05) is 0 Å². The first kappa shape index (κ1) is 14.4. The van der Waals surface area contributed by atoms with E-state index in [0.29, 0.717) is 0 Å². The molecule has 0 bridgehead atoms. The first-order chi connectivity index (χ1) is 11.0. The minimum Gasteiger partial charge on any atom is -0.406 e. The van der Waals surface area contributed by atoms with Crippen LogP contribution in [-0.2, 0) is 12.8 Å². The molecule has 118 valence electrons. The number of alkyl halides is 3. The summed E-state index contributed by atoms with van der Waals surface area (Å²) in [4.78, 5) is 0. The van der Waals surface area contributed by atoms with Crippen LogP contribution in [0.4, 0.5) is 13.2 Å². The maximum absolute atomic E-state index is 12.4. The quantitative estimate of drug-likeness (QED) is 0.518. The van der Waals surface area contributed by atoms with E-state index < -0.39 is 6.36 Å². The summed E-state index contributed by atoms with van der Waals surface area (Å²) < 4.78 is 41.1. The van der Waals surface area contributed by atoms with Gasteiger partial charge in [0.15, 0.2) is 0 Å². The molecule has 0 heterocycles. The molecule has 0 fully saturated rings. The van der Waals surface area contributed by atoms with Crippen LogP contribution < -0.4 is 4.74 Å². The predicted molar refractivity (Wildman–Crippen MR) is 84.8 cm³/mol. The van der Waals surface area contributed by atoms with E-state index in [1.165, 1.54) is 41.5 Å². The minimum absolute atomic E-state index is 0.178. The van der Waals surface area contributed by atoms with E-state index in [1.54, 1.807) is 6.07 Å². The number of halogens is 3. The van der Waals surface area contributed by atoms with Gasteiger partial charge in [-0.25, -0.2) is 0 Å². The van der Waals surface area contributed by atoms with Crippen molar-refractivity contribution < 1.29 is 17.9 Å². The molecule has 1 nitrogen and oxygen atoms in total. The van der Waals surface area contributed by atoms with Crippen LogP contribution in [0, 0.1) is 0 Å². The zero-order valence-corrected chi connectivity index (χ0v) is 12.4. The van der Waals surface area contributed by atoms with Gasteiger partial charge >= 0.3 is 6.36 Å². The van der Waals surface area contributed by atoms with Crippen LogP contribution in [0.3, 0.4) is 0 Å². The molecule has 0 aliphatic heterocycles. The second-order valence-corrected chi connectivity index (χ2v) is 6.00. The summed E-state index contributed by atoms with van der Waals surface area (Å²) in [5.74, 6) is -0.178. The van der Waals surface area contributed by atoms with Gasteiger partial charge in [-0.2, -0.15) is 0 Å². The molecule has 0 unspecified atom stereocenters. The van der Waals surface area contributed by atoms with Gasteiger partial charge in [0, 0.05) is 0 Å². The van der Waals surface area contributed by atoms with Gasteiger partial charge in [-0.05, 0) is 70.5 Å². The highest BCUT2D eigenvalue weighted by atomic mass is 19.4. The van der Waals surface area contributed by atoms with Crippen molar-refractivity contribution in [3.8, 4) is 5.75 Å². The Morgan fingerprint density at radius 3 is 2.35 bits per heavy atom. The molecule has 0 spiro atoms. The van der Waals surface area contributed by atoms with Gasteiger partial charge in [0.25, 0.3) is 0 Å². The van der Waals surface area contributed by atoms with Gasteiger partial charge in [-0.1, -0.05) is 30.3 Å². The number of rotatable bonds is 1. The lowest BCUT2D eigenvalue weighted by atomic mass is 9.86. The Kier molecular flexibility index (Phi) is 3.22. The summed E-state index contributed by atoms with van der Waals surface area (Å²) in [5, 5.41) is 4.04. The molecule has 0 saturated carbocycles. The molecule has 0 amide bonds. The molecule has 0 saturated heterocycles. The van der Waals surface area contributed by atoms with Crippen molar-refractivity contribution in [2.45, 2.75) is 32.0 Å². The summed E-state index contributed by atoms with van der Waals surface area (Å²) in [5.41, 5.74) is 2.80. The molecule has 0 N–H and O–H groups in total. The number of benzene rings is 3. The molecule has 0 aromatic heterocycles. The lowest BCUT2D eigenvalue weighted by molar-refractivity contribution is -0.274. The number of fused-ring (bicyclic) bond motifs is 5. The van der Waals surface area contributed by atoms with E-state index in [0.717, 1.165) is 29.0 Å². The highest BCUT2D eigenvalue weighted by Crippen LogP contribution is 2.35. The third-order valence-corrected chi connectivity index (χ3v) is 4.55. The summed E-state index contributed by atoms with van der Waals surface area (Å²) in [6, 6.07) is 12.7. The Balaban J connectivity index is 1.89. The van der Waals surface area contributed by atoms with Crippen LogP contribution in [-0.4, -0.2) is 6.36 Å². The predicted octanol–water partition coefficient (Wildman–Crippen LogP) is 5.77. The standard InChI is InChI=1S/C19H15F3O/c20-19(21,22)23-14-7-10-16-13(11-14)6-9-17-15-4-2-1-3-12(15)5-8-18(16)17/h5-11H,1-4H2. The van der Waals surface area contributed by atoms with E-state index in [1.807, 2.05) is 12.1 Å². The molecule has 4 rings (SSSR count). The Labute approximate surface area is 131 Å². The summed E-state index contributed by atoms with van der Waals surface area (Å²) in [7, 11) is 0.